The van der Waals surface area contributed by atoms with E-state index in [9.17, 15) is 18.0 Å². The van der Waals surface area contributed by atoms with Crippen molar-refractivity contribution < 1.29 is 18.0 Å². The van der Waals surface area contributed by atoms with Crippen molar-refractivity contribution in [2.75, 3.05) is 18.4 Å². The van der Waals surface area contributed by atoms with Crippen molar-refractivity contribution >= 4 is 49.9 Å². The molecule has 1 saturated heterocycles. The van der Waals surface area contributed by atoms with E-state index in [1.165, 1.54) is 6.07 Å². The van der Waals surface area contributed by atoms with Gasteiger partial charge in [0.25, 0.3) is 5.91 Å². The van der Waals surface area contributed by atoms with E-state index in [4.69, 9.17) is 11.6 Å². The Morgan fingerprint density at radius 2 is 1.63 bits per heavy atom. The van der Waals surface area contributed by atoms with Gasteiger partial charge in [-0.3, -0.25) is 9.59 Å². The van der Waals surface area contributed by atoms with Gasteiger partial charge in [0.15, 0.2) is 0 Å². The van der Waals surface area contributed by atoms with E-state index in [-0.39, 0.29) is 22.8 Å². The standard InChI is InChI=1S/C26H28ClN3O4S/c1-2-7-25(31)30-16-14-18(15-17-30)29-35(33,34)24-13-12-23(19-8-3-4-9-20(19)24)28-26(32)21-10-5-6-11-22(21)27/h3-6,8-13,18,29H,2,7,14-17H2,1H3,(H,28,32). The normalized spacial score (nSPS) is 14.7. The number of nitrogens with one attached hydrogen (secondary N) is 2. The van der Waals surface area contributed by atoms with E-state index in [2.05, 4.69) is 10.0 Å². The second kappa shape index (κ2) is 10.8. The molecular formula is C26H28ClN3O4S. The Labute approximate surface area is 210 Å². The summed E-state index contributed by atoms with van der Waals surface area (Å²) in [5, 5.41) is 4.30. The smallest absolute Gasteiger partial charge is 0.257 e. The predicted molar refractivity (Wildman–Crippen MR) is 138 cm³/mol. The number of amides is 2. The third kappa shape index (κ3) is 5.66. The fourth-order valence-corrected chi connectivity index (χ4v) is 6.09. The Hall–Kier alpha value is -2.94. The molecule has 3 aromatic rings. The van der Waals surface area contributed by atoms with Gasteiger partial charge in [0.1, 0.15) is 0 Å². The van der Waals surface area contributed by atoms with Gasteiger partial charge >= 0.3 is 0 Å². The van der Waals surface area contributed by atoms with Crippen LogP contribution in [0, 0.1) is 0 Å². The zero-order chi connectivity index (χ0) is 25.0. The Morgan fingerprint density at radius 3 is 2.31 bits per heavy atom. The third-order valence-corrected chi connectivity index (χ3v) is 8.08. The van der Waals surface area contributed by atoms with Crippen LogP contribution in [0.25, 0.3) is 10.8 Å². The quantitative estimate of drug-likeness (QED) is 0.473. The highest BCUT2D eigenvalue weighted by Gasteiger charge is 2.27. The minimum absolute atomic E-state index is 0.120. The van der Waals surface area contributed by atoms with E-state index in [1.807, 2.05) is 6.92 Å². The molecule has 7 nitrogen and oxygen atoms in total. The average Bonchev–Trinajstić information content (AvgIpc) is 2.84. The van der Waals surface area contributed by atoms with Crippen LogP contribution in [0.1, 0.15) is 43.0 Å². The van der Waals surface area contributed by atoms with E-state index >= 15 is 0 Å². The molecule has 1 aliphatic rings. The summed E-state index contributed by atoms with van der Waals surface area (Å²) in [4.78, 5) is 26.9. The molecule has 3 aromatic carbocycles. The number of piperidine rings is 1. The fraction of sp³-hybridized carbons (Fsp3) is 0.308. The van der Waals surface area contributed by atoms with Crippen LogP contribution in [0.3, 0.4) is 0 Å². The topological polar surface area (TPSA) is 95.6 Å². The Balaban J connectivity index is 1.55. The van der Waals surface area contributed by atoms with Crippen molar-refractivity contribution in [3.05, 3.63) is 71.2 Å². The Morgan fingerprint density at radius 1 is 0.971 bits per heavy atom. The number of benzene rings is 3. The molecule has 0 spiro atoms. The lowest BCUT2D eigenvalue weighted by molar-refractivity contribution is -0.132. The maximum Gasteiger partial charge on any atom is 0.257 e. The van der Waals surface area contributed by atoms with Gasteiger partial charge in [-0.2, -0.15) is 0 Å². The van der Waals surface area contributed by atoms with Gasteiger partial charge in [0.05, 0.1) is 15.5 Å². The first-order valence-electron chi connectivity index (χ1n) is 11.7. The second-order valence-corrected chi connectivity index (χ2v) is 10.7. The molecule has 0 aliphatic carbocycles. The molecule has 0 aromatic heterocycles. The van der Waals surface area contributed by atoms with E-state index in [0.29, 0.717) is 59.4 Å². The summed E-state index contributed by atoms with van der Waals surface area (Å²) in [6.07, 6.45) is 2.45. The highest BCUT2D eigenvalue weighted by Crippen LogP contribution is 2.31. The Kier molecular flexibility index (Phi) is 7.74. The molecule has 0 unspecified atom stereocenters. The van der Waals surface area contributed by atoms with Crippen molar-refractivity contribution in [1.29, 1.82) is 0 Å². The molecule has 1 heterocycles. The molecule has 1 fully saturated rings. The lowest BCUT2D eigenvalue weighted by Crippen LogP contribution is -2.46. The van der Waals surface area contributed by atoms with Crippen LogP contribution >= 0.6 is 11.6 Å². The zero-order valence-corrected chi connectivity index (χ0v) is 21.0. The number of carbonyl (C=O) groups excluding carboxylic acids is 2. The third-order valence-electron chi connectivity index (χ3n) is 6.17. The lowest BCUT2D eigenvalue weighted by atomic mass is 10.1. The van der Waals surface area contributed by atoms with E-state index in [0.717, 1.165) is 6.42 Å². The fourth-order valence-electron chi connectivity index (χ4n) is 4.35. The predicted octanol–water partition coefficient (Wildman–Crippen LogP) is 4.81. The largest absolute Gasteiger partial charge is 0.343 e. The first kappa shape index (κ1) is 25.2. The summed E-state index contributed by atoms with van der Waals surface area (Å²) in [5.41, 5.74) is 0.826. The second-order valence-electron chi connectivity index (χ2n) is 8.62. The van der Waals surface area contributed by atoms with E-state index < -0.39 is 10.0 Å². The van der Waals surface area contributed by atoms with Crippen LogP contribution < -0.4 is 10.0 Å². The molecule has 184 valence electrons. The first-order chi connectivity index (χ1) is 16.8. The Bertz CT molecular complexity index is 1350. The number of hydrogen-bond acceptors (Lipinski definition) is 4. The van der Waals surface area contributed by atoms with Crippen molar-refractivity contribution in [1.82, 2.24) is 9.62 Å². The molecule has 1 aliphatic heterocycles. The molecule has 4 rings (SSSR count). The maximum atomic E-state index is 13.3. The lowest BCUT2D eigenvalue weighted by Gasteiger charge is -2.32. The van der Waals surface area contributed by atoms with Crippen molar-refractivity contribution in [2.24, 2.45) is 0 Å². The SMILES string of the molecule is CCCC(=O)N1CCC(NS(=O)(=O)c2ccc(NC(=O)c3ccccc3Cl)c3ccccc23)CC1. The molecule has 9 heteroatoms. The molecule has 0 saturated carbocycles. The van der Waals surface area contributed by atoms with Gasteiger partial charge in [-0.05, 0) is 43.5 Å². The summed E-state index contributed by atoms with van der Waals surface area (Å²) < 4.78 is 29.5. The van der Waals surface area contributed by atoms with Crippen molar-refractivity contribution in [3.8, 4) is 0 Å². The van der Waals surface area contributed by atoms with Crippen LogP contribution in [0.2, 0.25) is 5.02 Å². The summed E-state index contributed by atoms with van der Waals surface area (Å²) in [5.74, 6) is -0.256. The summed E-state index contributed by atoms with van der Waals surface area (Å²) in [6.45, 7) is 3.05. The number of hydrogen-bond donors (Lipinski definition) is 2. The van der Waals surface area contributed by atoms with Crippen molar-refractivity contribution in [2.45, 2.75) is 43.5 Å². The highest BCUT2D eigenvalue weighted by molar-refractivity contribution is 7.89. The van der Waals surface area contributed by atoms with Crippen LogP contribution in [0.4, 0.5) is 5.69 Å². The van der Waals surface area contributed by atoms with Gasteiger partial charge < -0.3 is 10.2 Å². The first-order valence-corrected chi connectivity index (χ1v) is 13.5. The zero-order valence-electron chi connectivity index (χ0n) is 19.5. The summed E-state index contributed by atoms with van der Waals surface area (Å²) in [6, 6.07) is 16.6. The number of sulfonamides is 1. The number of anilines is 1. The van der Waals surface area contributed by atoms with Crippen LogP contribution in [0.5, 0.6) is 0 Å². The summed E-state index contributed by atoms with van der Waals surface area (Å²) in [7, 11) is -3.83. The summed E-state index contributed by atoms with van der Waals surface area (Å²) >= 11 is 6.15. The number of rotatable bonds is 7. The maximum absolute atomic E-state index is 13.3. The van der Waals surface area contributed by atoms with Crippen molar-refractivity contribution in [3.63, 3.8) is 0 Å². The van der Waals surface area contributed by atoms with E-state index in [1.54, 1.807) is 59.5 Å². The molecule has 0 bridgehead atoms. The number of carbonyl (C=O) groups is 2. The molecule has 2 N–H and O–H groups in total. The van der Waals surface area contributed by atoms with Gasteiger partial charge in [0.2, 0.25) is 15.9 Å². The number of nitrogens with zero attached hydrogens (tertiary/aromatic N) is 1. The molecule has 2 amide bonds. The molecule has 35 heavy (non-hydrogen) atoms. The monoisotopic (exact) mass is 513 g/mol. The van der Waals surface area contributed by atoms with Crippen LogP contribution in [0.15, 0.2) is 65.6 Å². The van der Waals surface area contributed by atoms with Gasteiger partial charge in [-0.15, -0.1) is 0 Å². The average molecular weight is 514 g/mol. The molecule has 0 atom stereocenters. The molecule has 0 radical (unpaired) electrons. The number of halogens is 1. The minimum Gasteiger partial charge on any atom is -0.343 e. The number of fused-ring (bicyclic) bond motifs is 1. The van der Waals surface area contributed by atoms with Gasteiger partial charge in [-0.25, -0.2) is 13.1 Å². The van der Waals surface area contributed by atoms with Crippen LogP contribution in [-0.2, 0) is 14.8 Å². The number of likely N-dealkylation sites (tertiary alicyclic amines) is 1. The van der Waals surface area contributed by atoms with Gasteiger partial charge in [-0.1, -0.05) is 54.9 Å². The molecular weight excluding hydrogens is 486 g/mol. The minimum atomic E-state index is -3.83. The van der Waals surface area contributed by atoms with Crippen LogP contribution in [-0.4, -0.2) is 44.3 Å². The van der Waals surface area contributed by atoms with Gasteiger partial charge in [0, 0.05) is 42.0 Å². The highest BCUT2D eigenvalue weighted by atomic mass is 35.5.